The van der Waals surface area contributed by atoms with E-state index in [9.17, 15) is 18.4 Å². The summed E-state index contributed by atoms with van der Waals surface area (Å²) < 4.78 is 27.8. The van der Waals surface area contributed by atoms with Crippen molar-refractivity contribution in [2.24, 2.45) is 0 Å². The van der Waals surface area contributed by atoms with E-state index in [1.165, 1.54) is 38.1 Å². The van der Waals surface area contributed by atoms with E-state index in [-0.39, 0.29) is 30.3 Å². The number of carbonyl (C=O) groups excluding carboxylic acids is 2. The molecule has 1 fully saturated rings. The van der Waals surface area contributed by atoms with Gasteiger partial charge in [-0.2, -0.15) is 0 Å². The molecule has 0 radical (unpaired) electrons. The number of amides is 2. The van der Waals surface area contributed by atoms with E-state index in [1.807, 2.05) is 69.4 Å². The summed E-state index contributed by atoms with van der Waals surface area (Å²) in [5, 5.41) is 15.6. The quantitative estimate of drug-likeness (QED) is 0.0576. The number of aromatic nitrogens is 8. The predicted octanol–water partition coefficient (Wildman–Crippen LogP) is 10.9. The van der Waals surface area contributed by atoms with Crippen LogP contribution in [0.4, 0.5) is 55.1 Å². The van der Waals surface area contributed by atoms with E-state index in [4.69, 9.17) is 9.97 Å². The fourth-order valence-electron chi connectivity index (χ4n) is 8.30. The number of nitrogens with one attached hydrogen (secondary N) is 5. The van der Waals surface area contributed by atoms with Crippen molar-refractivity contribution in [2.75, 3.05) is 64.3 Å². The zero-order valence-corrected chi connectivity index (χ0v) is 42.5. The summed E-state index contributed by atoms with van der Waals surface area (Å²) >= 11 is 0. The number of alkyl halides is 2. The lowest BCUT2D eigenvalue weighted by Gasteiger charge is -2.26. The van der Waals surface area contributed by atoms with E-state index in [0.717, 1.165) is 79.2 Å². The fourth-order valence-corrected chi connectivity index (χ4v) is 8.30. The lowest BCUT2D eigenvalue weighted by atomic mass is 10.0. The van der Waals surface area contributed by atoms with Gasteiger partial charge in [-0.15, -0.1) is 0 Å². The molecule has 19 heteroatoms. The molecular weight excluding hydrogens is 941 g/mol. The highest BCUT2D eigenvalue weighted by molar-refractivity contribution is 6.05. The molecule has 74 heavy (non-hydrogen) atoms. The number of piperidine rings is 1. The Morgan fingerprint density at radius 1 is 0.689 bits per heavy atom. The second kappa shape index (κ2) is 23.8. The normalized spacial score (nSPS) is 12.4. The van der Waals surface area contributed by atoms with Crippen LogP contribution in [0.2, 0.25) is 0 Å². The van der Waals surface area contributed by atoms with Crippen LogP contribution in [0.5, 0.6) is 0 Å². The van der Waals surface area contributed by atoms with Crippen molar-refractivity contribution >= 4 is 80.2 Å². The minimum absolute atomic E-state index is 0.0308. The zero-order chi connectivity index (χ0) is 52.2. The number of halogens is 2. The van der Waals surface area contributed by atoms with Crippen LogP contribution in [0.15, 0.2) is 110 Å². The molecule has 17 nitrogen and oxygen atoms in total. The van der Waals surface area contributed by atoms with Gasteiger partial charge in [0.1, 0.15) is 34.7 Å². The fraction of sp³-hybridized carbons (Fsp3) is 0.309. The second-order valence-corrected chi connectivity index (χ2v) is 17.9. The summed E-state index contributed by atoms with van der Waals surface area (Å²) in [6.07, 6.45) is 10.6. The van der Waals surface area contributed by atoms with Gasteiger partial charge < -0.3 is 36.4 Å². The lowest BCUT2D eigenvalue weighted by Crippen LogP contribution is -2.31. The first-order valence-electron chi connectivity index (χ1n) is 24.9. The topological polar surface area (TPSA) is 204 Å². The van der Waals surface area contributed by atoms with Crippen LogP contribution < -0.4 is 36.4 Å². The monoisotopic (exact) mass is 1000 g/mol. The molecule has 0 bridgehead atoms. The highest BCUT2D eigenvalue weighted by Crippen LogP contribution is 2.32. The maximum atomic E-state index is 13.9. The molecule has 2 amide bonds. The van der Waals surface area contributed by atoms with Crippen LogP contribution in [0.25, 0.3) is 22.1 Å². The second-order valence-electron chi connectivity index (χ2n) is 17.9. The molecule has 0 saturated carbocycles. The van der Waals surface area contributed by atoms with Crippen LogP contribution >= 0.6 is 0 Å². The summed E-state index contributed by atoms with van der Waals surface area (Å²) in [7, 11) is 1.84. The summed E-state index contributed by atoms with van der Waals surface area (Å²) in [4.78, 5) is 66.2. The van der Waals surface area contributed by atoms with Crippen LogP contribution in [0, 0.1) is 13.8 Å². The Kier molecular flexibility index (Phi) is 16.7. The maximum absolute atomic E-state index is 13.9. The first-order valence-corrected chi connectivity index (χ1v) is 24.9. The van der Waals surface area contributed by atoms with Gasteiger partial charge in [0.25, 0.3) is 17.7 Å². The third-order valence-electron chi connectivity index (χ3n) is 12.7. The molecule has 5 heterocycles. The van der Waals surface area contributed by atoms with E-state index in [0.29, 0.717) is 62.4 Å². The van der Waals surface area contributed by atoms with E-state index in [2.05, 4.69) is 80.1 Å². The summed E-state index contributed by atoms with van der Waals surface area (Å²) in [6.45, 7) is 13.3. The third kappa shape index (κ3) is 12.6. The summed E-state index contributed by atoms with van der Waals surface area (Å²) in [6, 6.07) is 24.5. The minimum atomic E-state index is -2.86. The molecule has 0 unspecified atom stereocenters. The molecule has 4 aromatic carbocycles. The van der Waals surface area contributed by atoms with Crippen molar-refractivity contribution in [2.45, 2.75) is 79.2 Å². The molecular formula is C55H61F2N15O2. The van der Waals surface area contributed by atoms with Crippen molar-refractivity contribution in [1.29, 1.82) is 0 Å². The zero-order valence-electron chi connectivity index (χ0n) is 42.5. The molecule has 8 aromatic rings. The standard InChI is InChI=1S/C29H33F2N7O.C26H28N8O/c1-5-14-38(7-3)28-33-17-24-25(37-28)26(35-18-34-24)36-23-15-21(11-8-19(23)4)27(39)32-16-20-9-12-22(13-10-20)29(30,31)6-2;1-17-9-10-18(25(35)31-20-8-6-7-19(14-20)27-2)13-21(17)32-24-23-22(29-16-30-24)15-28-26(33-23)34-11-4-3-5-12-34/h8-13,15,17-18H,5-7,14,16H2,1-4H3,(H,32,39)(H,34,35,36);6-10,13-16,27H,3-5,11-12H2,1-2H3,(H,31,35)(H,29,30,32). The number of nitrogens with zero attached hydrogens (tertiary/aromatic N) is 10. The van der Waals surface area contributed by atoms with Crippen LogP contribution in [-0.4, -0.2) is 84.9 Å². The van der Waals surface area contributed by atoms with Crippen LogP contribution in [0.1, 0.15) is 95.8 Å². The Labute approximate surface area is 429 Å². The Morgan fingerprint density at radius 3 is 1.91 bits per heavy atom. The molecule has 0 aliphatic carbocycles. The minimum Gasteiger partial charge on any atom is -0.388 e. The highest BCUT2D eigenvalue weighted by Gasteiger charge is 2.28. The molecule has 5 N–H and O–H groups in total. The molecule has 1 saturated heterocycles. The molecule has 9 rings (SSSR count). The summed E-state index contributed by atoms with van der Waals surface area (Å²) in [5.41, 5.74) is 9.24. The van der Waals surface area contributed by atoms with Crippen molar-refractivity contribution in [3.8, 4) is 0 Å². The first kappa shape index (κ1) is 51.9. The van der Waals surface area contributed by atoms with Gasteiger partial charge in [-0.3, -0.25) is 9.59 Å². The molecule has 0 atom stereocenters. The van der Waals surface area contributed by atoms with Gasteiger partial charge in [-0.05, 0) is 106 Å². The van der Waals surface area contributed by atoms with Gasteiger partial charge >= 0.3 is 0 Å². The van der Waals surface area contributed by atoms with Gasteiger partial charge in [0.05, 0.1) is 12.4 Å². The molecule has 0 spiro atoms. The van der Waals surface area contributed by atoms with Crippen molar-refractivity contribution in [3.05, 3.63) is 143 Å². The predicted molar refractivity (Wildman–Crippen MR) is 289 cm³/mol. The number of benzene rings is 4. The lowest BCUT2D eigenvalue weighted by molar-refractivity contribution is -0.00831. The Balaban J connectivity index is 0.000000198. The van der Waals surface area contributed by atoms with E-state index >= 15 is 0 Å². The number of aryl methyl sites for hydroxylation is 2. The number of hydrogen-bond acceptors (Lipinski definition) is 15. The number of fused-ring (bicyclic) bond motifs is 2. The average molecular weight is 1000 g/mol. The van der Waals surface area contributed by atoms with Gasteiger partial charge in [0.15, 0.2) is 11.6 Å². The number of rotatable bonds is 17. The largest absolute Gasteiger partial charge is 0.388 e. The number of anilines is 8. The van der Waals surface area contributed by atoms with Crippen LogP contribution in [-0.2, 0) is 12.5 Å². The Morgan fingerprint density at radius 2 is 1.30 bits per heavy atom. The average Bonchev–Trinajstić information content (AvgIpc) is 3.43. The Hall–Kier alpha value is -8.48. The van der Waals surface area contributed by atoms with Crippen molar-refractivity contribution < 1.29 is 18.4 Å². The smallest absolute Gasteiger partial charge is 0.273 e. The maximum Gasteiger partial charge on any atom is 0.273 e. The van der Waals surface area contributed by atoms with Crippen LogP contribution in [0.3, 0.4) is 0 Å². The molecule has 1 aliphatic rings. The van der Waals surface area contributed by atoms with E-state index in [1.54, 1.807) is 36.7 Å². The van der Waals surface area contributed by atoms with Gasteiger partial charge in [-0.1, -0.05) is 56.3 Å². The third-order valence-corrected chi connectivity index (χ3v) is 12.7. The summed E-state index contributed by atoms with van der Waals surface area (Å²) in [5.74, 6) is -0.927. The number of carbonyl (C=O) groups is 2. The molecule has 382 valence electrons. The van der Waals surface area contributed by atoms with Crippen molar-refractivity contribution in [1.82, 2.24) is 45.2 Å². The molecule has 1 aliphatic heterocycles. The SMILES string of the molecule is CCCN(CC)c1ncc2ncnc(Nc3cc(C(=O)NCc4ccc(C(F)(F)CC)cc4)ccc3C)c2n1.CNc1cccc(NC(=O)c2ccc(C)c(Nc3ncnc4cnc(N5CCCCC5)nc34)c2)c1. The van der Waals surface area contributed by atoms with Crippen molar-refractivity contribution in [3.63, 3.8) is 0 Å². The molecule has 4 aromatic heterocycles. The van der Waals surface area contributed by atoms with Gasteiger partial charge in [0, 0.05) is 85.6 Å². The Bertz CT molecular complexity index is 3240. The first-order chi connectivity index (χ1) is 35.9. The van der Waals surface area contributed by atoms with Gasteiger partial charge in [0.2, 0.25) is 11.9 Å². The van der Waals surface area contributed by atoms with Gasteiger partial charge in [-0.25, -0.2) is 48.7 Å². The number of hydrogen-bond donors (Lipinski definition) is 5. The van der Waals surface area contributed by atoms with E-state index < -0.39 is 5.92 Å². The highest BCUT2D eigenvalue weighted by atomic mass is 19.3.